The van der Waals surface area contributed by atoms with Gasteiger partial charge in [0, 0.05) is 6.42 Å². The topological polar surface area (TPSA) is 149 Å². The summed E-state index contributed by atoms with van der Waals surface area (Å²) in [4.78, 5) is 13.1. The molecule has 448 valence electrons. The number of amides is 1. The number of hydrogen-bond acceptors (Lipinski definition) is 8. The molecule has 7 unspecified atom stereocenters. The maximum Gasteiger partial charge on any atom is 0.220 e. The van der Waals surface area contributed by atoms with Crippen LogP contribution in [0.2, 0.25) is 0 Å². The fraction of sp³-hybridized carbons (Fsp3) is 0.643. The molecule has 1 heterocycles. The quantitative estimate of drug-likeness (QED) is 0.0261. The summed E-state index contributed by atoms with van der Waals surface area (Å²) in [6.07, 6.45) is 82.1. The molecule has 1 rings (SSSR count). The van der Waals surface area contributed by atoms with Crippen LogP contribution in [-0.4, -0.2) is 87.5 Å². The van der Waals surface area contributed by atoms with Gasteiger partial charge in [0.25, 0.3) is 0 Å². The van der Waals surface area contributed by atoms with Crippen molar-refractivity contribution in [3.05, 3.63) is 146 Å². The molecule has 9 nitrogen and oxygen atoms in total. The first kappa shape index (κ1) is 73.1. The summed E-state index contributed by atoms with van der Waals surface area (Å²) < 4.78 is 11.3. The van der Waals surface area contributed by atoms with Crippen LogP contribution in [0.3, 0.4) is 0 Å². The summed E-state index contributed by atoms with van der Waals surface area (Å²) in [6.45, 7) is 3.62. The van der Waals surface area contributed by atoms with Crippen molar-refractivity contribution in [2.24, 2.45) is 0 Å². The molecule has 9 heteroatoms. The first-order valence-electron chi connectivity index (χ1n) is 31.6. The lowest BCUT2D eigenvalue weighted by molar-refractivity contribution is -0.302. The molecule has 0 aliphatic carbocycles. The number of carbonyl (C=O) groups is 1. The third kappa shape index (κ3) is 46.4. The Morgan fingerprint density at radius 1 is 0.443 bits per heavy atom. The Labute approximate surface area is 483 Å². The van der Waals surface area contributed by atoms with Crippen LogP contribution in [0.4, 0.5) is 0 Å². The van der Waals surface area contributed by atoms with Crippen LogP contribution in [0.25, 0.3) is 0 Å². The smallest absolute Gasteiger partial charge is 0.220 e. The summed E-state index contributed by atoms with van der Waals surface area (Å²) in [5.41, 5.74) is 0. The zero-order valence-electron chi connectivity index (χ0n) is 49.8. The van der Waals surface area contributed by atoms with E-state index in [9.17, 15) is 30.3 Å². The molecule has 0 spiro atoms. The Bertz CT molecular complexity index is 1750. The monoisotopic (exact) mass is 1100 g/mol. The van der Waals surface area contributed by atoms with E-state index in [0.29, 0.717) is 12.8 Å². The summed E-state index contributed by atoms with van der Waals surface area (Å²) in [5.74, 6) is -0.228. The molecule has 79 heavy (non-hydrogen) atoms. The maximum absolute atomic E-state index is 13.1. The van der Waals surface area contributed by atoms with Gasteiger partial charge in [0.15, 0.2) is 6.29 Å². The van der Waals surface area contributed by atoms with Gasteiger partial charge in [-0.1, -0.05) is 256 Å². The molecular weight excluding hydrogens is 983 g/mol. The van der Waals surface area contributed by atoms with Gasteiger partial charge in [-0.2, -0.15) is 0 Å². The molecule has 6 N–H and O–H groups in total. The van der Waals surface area contributed by atoms with Gasteiger partial charge in [-0.3, -0.25) is 4.79 Å². The number of unbranched alkanes of at least 4 members (excludes halogenated alkanes) is 20. The highest BCUT2D eigenvalue weighted by atomic mass is 16.7. The van der Waals surface area contributed by atoms with Crippen LogP contribution in [0.1, 0.15) is 232 Å². The first-order chi connectivity index (χ1) is 38.8. The van der Waals surface area contributed by atoms with Crippen molar-refractivity contribution in [2.45, 2.75) is 275 Å². The molecule has 0 aromatic carbocycles. The fourth-order valence-electron chi connectivity index (χ4n) is 8.94. The van der Waals surface area contributed by atoms with E-state index in [-0.39, 0.29) is 18.9 Å². The number of rotatable bonds is 52. The summed E-state index contributed by atoms with van der Waals surface area (Å²) >= 11 is 0. The Balaban J connectivity index is 2.29. The van der Waals surface area contributed by atoms with Crippen LogP contribution in [0, 0.1) is 0 Å². The number of aliphatic hydroxyl groups excluding tert-OH is 5. The zero-order valence-corrected chi connectivity index (χ0v) is 49.8. The normalized spacial score (nSPS) is 19.6. The van der Waals surface area contributed by atoms with E-state index in [2.05, 4.69) is 153 Å². The Morgan fingerprint density at radius 2 is 0.797 bits per heavy atom. The lowest BCUT2D eigenvalue weighted by Gasteiger charge is -2.40. The van der Waals surface area contributed by atoms with Crippen molar-refractivity contribution in [1.29, 1.82) is 0 Å². The fourth-order valence-corrected chi connectivity index (χ4v) is 8.94. The molecule has 1 aliphatic heterocycles. The number of aliphatic hydroxyl groups is 5. The van der Waals surface area contributed by atoms with Gasteiger partial charge in [0.1, 0.15) is 24.4 Å². The first-order valence-corrected chi connectivity index (χ1v) is 31.6. The molecule has 1 aliphatic rings. The second kappa shape index (κ2) is 57.3. The van der Waals surface area contributed by atoms with E-state index in [4.69, 9.17) is 9.47 Å². The highest BCUT2D eigenvalue weighted by Crippen LogP contribution is 2.23. The minimum absolute atomic E-state index is 0.228. The van der Waals surface area contributed by atoms with Gasteiger partial charge in [-0.15, -0.1) is 0 Å². The number of allylic oxidation sites excluding steroid dienone is 23. The lowest BCUT2D eigenvalue weighted by Crippen LogP contribution is -2.60. The van der Waals surface area contributed by atoms with Crippen LogP contribution < -0.4 is 5.32 Å². The van der Waals surface area contributed by atoms with Gasteiger partial charge >= 0.3 is 0 Å². The molecular formula is C70H115NO8. The van der Waals surface area contributed by atoms with E-state index >= 15 is 0 Å². The summed E-state index contributed by atoms with van der Waals surface area (Å²) in [7, 11) is 0. The largest absolute Gasteiger partial charge is 0.394 e. The minimum Gasteiger partial charge on any atom is -0.394 e. The predicted molar refractivity (Wildman–Crippen MR) is 336 cm³/mol. The standard InChI is InChI=1S/C70H115NO8/c1-3-5-7-9-11-13-15-17-19-21-23-25-27-29-30-31-32-33-34-36-38-40-42-44-46-48-50-52-54-56-58-60-66(74)71-63(62-78-70-69(77)68(76)67(75)65(61-72)79-70)64(73)59-57-55-53-51-49-47-45-43-41-39-37-35-28-26-24-22-20-18-16-14-12-10-8-6-4-2/h5,7,11,13,17,19,23,25,29-30,32-33,36,38,41-44,48-51,57,59,63-65,67-70,72-73,75-77H,3-4,6,8-10,12,14-16,18,20-22,24,26-28,31,34-35,37,39-40,45-47,52-56,58,60-62H2,1-2H3,(H,71,74)/b7-5-,13-11-,19-17-,25-23-,30-29-,33-32-,38-36-,43-41+,44-42-,50-48-,51-49+,59-57+. The average Bonchev–Trinajstić information content (AvgIpc) is 3.47. The van der Waals surface area contributed by atoms with E-state index < -0.39 is 49.5 Å². The van der Waals surface area contributed by atoms with Gasteiger partial charge in [0.2, 0.25) is 5.91 Å². The van der Waals surface area contributed by atoms with E-state index in [0.717, 1.165) is 103 Å². The molecule has 1 saturated heterocycles. The van der Waals surface area contributed by atoms with E-state index in [1.807, 2.05) is 6.08 Å². The maximum atomic E-state index is 13.1. The second-order valence-corrected chi connectivity index (χ2v) is 21.1. The van der Waals surface area contributed by atoms with Crippen molar-refractivity contribution in [3.63, 3.8) is 0 Å². The van der Waals surface area contributed by atoms with Gasteiger partial charge in [-0.05, 0) is 116 Å². The summed E-state index contributed by atoms with van der Waals surface area (Å²) in [5, 5.41) is 54.6. The molecule has 1 amide bonds. The average molecular weight is 1100 g/mol. The van der Waals surface area contributed by atoms with Crippen LogP contribution in [-0.2, 0) is 14.3 Å². The second-order valence-electron chi connectivity index (χ2n) is 21.1. The summed E-state index contributed by atoms with van der Waals surface area (Å²) in [6, 6.07) is -0.859. The number of carbonyl (C=O) groups excluding carboxylic acids is 1. The molecule has 0 saturated carbocycles. The molecule has 7 atom stereocenters. The van der Waals surface area contributed by atoms with Crippen molar-refractivity contribution in [1.82, 2.24) is 5.32 Å². The molecule has 1 fully saturated rings. The van der Waals surface area contributed by atoms with Crippen molar-refractivity contribution < 1.29 is 39.8 Å². The number of ether oxygens (including phenoxy) is 2. The van der Waals surface area contributed by atoms with Gasteiger partial charge in [0.05, 0.1) is 25.4 Å². The molecule has 0 bridgehead atoms. The molecule has 0 aromatic heterocycles. The third-order valence-electron chi connectivity index (χ3n) is 13.9. The van der Waals surface area contributed by atoms with Crippen molar-refractivity contribution in [3.8, 4) is 0 Å². The highest BCUT2D eigenvalue weighted by molar-refractivity contribution is 5.76. The van der Waals surface area contributed by atoms with Gasteiger partial charge < -0.3 is 40.3 Å². The number of nitrogens with one attached hydrogen (secondary N) is 1. The zero-order chi connectivity index (χ0) is 57.2. The highest BCUT2D eigenvalue weighted by Gasteiger charge is 2.44. The van der Waals surface area contributed by atoms with Gasteiger partial charge in [-0.25, -0.2) is 0 Å². The predicted octanol–water partition coefficient (Wildman–Crippen LogP) is 16.6. The third-order valence-corrected chi connectivity index (χ3v) is 13.9. The Kier molecular flexibility index (Phi) is 53.0. The minimum atomic E-state index is -1.59. The van der Waals surface area contributed by atoms with E-state index in [1.165, 1.54) is 96.3 Å². The molecule has 0 radical (unpaired) electrons. The Morgan fingerprint density at radius 3 is 1.22 bits per heavy atom. The van der Waals surface area contributed by atoms with Crippen LogP contribution in [0.5, 0.6) is 0 Å². The Hall–Kier alpha value is -3.93. The molecule has 0 aromatic rings. The van der Waals surface area contributed by atoms with Crippen molar-refractivity contribution >= 4 is 5.91 Å². The van der Waals surface area contributed by atoms with Crippen LogP contribution in [0.15, 0.2) is 146 Å². The van der Waals surface area contributed by atoms with Crippen molar-refractivity contribution in [2.75, 3.05) is 13.2 Å². The van der Waals surface area contributed by atoms with Crippen LogP contribution >= 0.6 is 0 Å². The number of hydrogen-bond donors (Lipinski definition) is 6. The lowest BCUT2D eigenvalue weighted by atomic mass is 9.99. The SMILES string of the molecule is CC/C=C\C/C=C\C/C=C\C/C=C\C/C=C\C/C=C\C/C=C\C/C=C\C/C=C\CCCCCC(=O)NC(COC1OC(CO)C(O)C(O)C1O)C(O)/C=C/CC/C=C/CC/C=C/CCCCCCCCCCCCCCCCC. The van der Waals surface area contributed by atoms with E-state index in [1.54, 1.807) is 6.08 Å².